The largest absolute Gasteiger partial charge is 0.494 e. The van der Waals surface area contributed by atoms with Crippen molar-refractivity contribution in [1.29, 1.82) is 0 Å². The average molecular weight is 384 g/mol. The highest BCUT2D eigenvalue weighted by Gasteiger charge is 2.11. The molecule has 1 unspecified atom stereocenters. The molecule has 0 N–H and O–H groups in total. The van der Waals surface area contributed by atoms with Crippen LogP contribution in [0.4, 0.5) is 0 Å². The lowest BCUT2D eigenvalue weighted by Crippen LogP contribution is -1.95. The minimum Gasteiger partial charge on any atom is -0.494 e. The molecular weight excluding hydrogens is 368 g/mol. The van der Waals surface area contributed by atoms with Crippen molar-refractivity contribution in [2.24, 2.45) is 0 Å². The zero-order valence-corrected chi connectivity index (χ0v) is 14.2. The van der Waals surface area contributed by atoms with Crippen LogP contribution in [0.15, 0.2) is 46.9 Å². The quantitative estimate of drug-likeness (QED) is 0.620. The predicted molar refractivity (Wildman–Crippen MR) is 87.3 cm³/mol. The predicted octanol–water partition coefficient (Wildman–Crippen LogP) is 5.64. The normalized spacial score (nSPS) is 12.2. The van der Waals surface area contributed by atoms with Crippen LogP contribution in [0.25, 0.3) is 0 Å². The van der Waals surface area contributed by atoms with E-state index in [-0.39, 0.29) is 4.83 Å². The maximum Gasteiger partial charge on any atom is 0.119 e. The van der Waals surface area contributed by atoms with Gasteiger partial charge in [-0.15, -0.1) is 0 Å². The molecule has 0 bridgehead atoms. The molecular formula is C16H16Br2O. The van der Waals surface area contributed by atoms with Gasteiger partial charge in [0, 0.05) is 4.47 Å². The van der Waals surface area contributed by atoms with E-state index >= 15 is 0 Å². The molecule has 1 nitrogen and oxygen atoms in total. The highest BCUT2D eigenvalue weighted by atomic mass is 79.9. The van der Waals surface area contributed by atoms with Gasteiger partial charge in [-0.25, -0.2) is 0 Å². The van der Waals surface area contributed by atoms with Crippen LogP contribution < -0.4 is 4.74 Å². The minimum absolute atomic E-state index is 0.195. The van der Waals surface area contributed by atoms with Crippen molar-refractivity contribution < 1.29 is 4.74 Å². The summed E-state index contributed by atoms with van der Waals surface area (Å²) in [4.78, 5) is 0.195. The summed E-state index contributed by atoms with van der Waals surface area (Å²) in [7, 11) is 0. The van der Waals surface area contributed by atoms with Gasteiger partial charge in [0.1, 0.15) is 5.75 Å². The molecule has 0 saturated carbocycles. The van der Waals surface area contributed by atoms with Crippen LogP contribution in [0.5, 0.6) is 5.75 Å². The van der Waals surface area contributed by atoms with E-state index in [1.807, 2.05) is 19.1 Å². The topological polar surface area (TPSA) is 9.23 Å². The Balaban J connectivity index is 2.22. The highest BCUT2D eigenvalue weighted by Crippen LogP contribution is 2.33. The number of hydrogen-bond acceptors (Lipinski definition) is 1. The first-order chi connectivity index (χ1) is 9.11. The molecule has 0 heterocycles. The number of rotatable bonds is 4. The second-order valence-electron chi connectivity index (χ2n) is 4.37. The van der Waals surface area contributed by atoms with Crippen LogP contribution in [-0.4, -0.2) is 6.61 Å². The van der Waals surface area contributed by atoms with E-state index in [4.69, 9.17) is 4.74 Å². The second kappa shape index (κ2) is 6.58. The van der Waals surface area contributed by atoms with Crippen LogP contribution in [-0.2, 0) is 0 Å². The number of hydrogen-bond donors (Lipinski definition) is 0. The highest BCUT2D eigenvalue weighted by molar-refractivity contribution is 9.10. The summed E-state index contributed by atoms with van der Waals surface area (Å²) in [6.45, 7) is 4.78. The molecule has 0 amide bonds. The van der Waals surface area contributed by atoms with E-state index in [0.29, 0.717) is 6.61 Å². The van der Waals surface area contributed by atoms with Gasteiger partial charge in [-0.3, -0.25) is 0 Å². The first-order valence-corrected chi connectivity index (χ1v) is 7.95. The fraction of sp³-hybridized carbons (Fsp3) is 0.250. The van der Waals surface area contributed by atoms with Gasteiger partial charge < -0.3 is 4.74 Å². The monoisotopic (exact) mass is 382 g/mol. The number of benzene rings is 2. The molecule has 2 aromatic rings. The SMILES string of the molecule is CCOc1ccc(C(Br)c2ccc(C)c(Br)c2)cc1. The minimum atomic E-state index is 0.195. The van der Waals surface area contributed by atoms with Gasteiger partial charge in [0.15, 0.2) is 0 Å². The molecule has 2 aromatic carbocycles. The molecule has 0 aliphatic rings. The van der Waals surface area contributed by atoms with Gasteiger partial charge in [-0.1, -0.05) is 56.1 Å². The smallest absolute Gasteiger partial charge is 0.119 e. The van der Waals surface area contributed by atoms with Gasteiger partial charge in [-0.05, 0) is 48.7 Å². The first-order valence-electron chi connectivity index (χ1n) is 6.24. The van der Waals surface area contributed by atoms with Crippen molar-refractivity contribution in [3.63, 3.8) is 0 Å². The zero-order chi connectivity index (χ0) is 13.8. The van der Waals surface area contributed by atoms with Crippen molar-refractivity contribution in [2.75, 3.05) is 6.61 Å². The second-order valence-corrected chi connectivity index (χ2v) is 6.14. The first kappa shape index (κ1) is 14.6. The molecule has 0 radical (unpaired) electrons. The number of aryl methyl sites for hydroxylation is 1. The van der Waals surface area contributed by atoms with Gasteiger partial charge >= 0.3 is 0 Å². The van der Waals surface area contributed by atoms with Gasteiger partial charge in [0.25, 0.3) is 0 Å². The molecule has 0 saturated heterocycles. The van der Waals surface area contributed by atoms with E-state index in [9.17, 15) is 0 Å². The number of halogens is 2. The van der Waals surface area contributed by atoms with E-state index in [1.165, 1.54) is 16.7 Å². The van der Waals surface area contributed by atoms with Crippen molar-refractivity contribution in [3.8, 4) is 5.75 Å². The maximum absolute atomic E-state index is 5.46. The van der Waals surface area contributed by atoms with Crippen LogP contribution >= 0.6 is 31.9 Å². The summed E-state index contributed by atoms with van der Waals surface area (Å²) >= 11 is 7.33. The third kappa shape index (κ3) is 3.61. The summed E-state index contributed by atoms with van der Waals surface area (Å²) in [6.07, 6.45) is 0. The summed E-state index contributed by atoms with van der Waals surface area (Å²) in [5, 5.41) is 0. The Morgan fingerprint density at radius 2 is 1.68 bits per heavy atom. The summed E-state index contributed by atoms with van der Waals surface area (Å²) < 4.78 is 6.60. The molecule has 0 aliphatic heterocycles. The molecule has 0 aromatic heterocycles. The molecule has 0 spiro atoms. The Morgan fingerprint density at radius 1 is 1.05 bits per heavy atom. The Labute approximate surface area is 131 Å². The summed E-state index contributed by atoms with van der Waals surface area (Å²) in [5.74, 6) is 0.913. The Morgan fingerprint density at radius 3 is 2.26 bits per heavy atom. The van der Waals surface area contributed by atoms with Crippen LogP contribution in [0.3, 0.4) is 0 Å². The number of ether oxygens (including phenoxy) is 1. The molecule has 19 heavy (non-hydrogen) atoms. The molecule has 0 fully saturated rings. The van der Waals surface area contributed by atoms with Gasteiger partial charge in [0.05, 0.1) is 11.4 Å². The van der Waals surface area contributed by atoms with Crippen molar-refractivity contribution in [1.82, 2.24) is 0 Å². The fourth-order valence-electron chi connectivity index (χ4n) is 1.86. The summed E-state index contributed by atoms with van der Waals surface area (Å²) in [5.41, 5.74) is 3.70. The average Bonchev–Trinajstić information content (AvgIpc) is 2.42. The van der Waals surface area contributed by atoms with Gasteiger partial charge in [0.2, 0.25) is 0 Å². The van der Waals surface area contributed by atoms with Crippen LogP contribution in [0.2, 0.25) is 0 Å². The molecule has 1 atom stereocenters. The standard InChI is InChI=1S/C16H16Br2O/c1-3-19-14-8-6-12(7-9-14)16(18)13-5-4-11(2)15(17)10-13/h4-10,16H,3H2,1-2H3. The Bertz CT molecular complexity index is 549. The van der Waals surface area contributed by atoms with Crippen molar-refractivity contribution >= 4 is 31.9 Å². The Hall–Kier alpha value is -0.800. The lowest BCUT2D eigenvalue weighted by Gasteiger charge is -2.13. The van der Waals surface area contributed by atoms with Crippen molar-refractivity contribution in [3.05, 3.63) is 63.6 Å². The number of alkyl halides is 1. The maximum atomic E-state index is 5.46. The lowest BCUT2D eigenvalue weighted by atomic mass is 10.0. The molecule has 2 rings (SSSR count). The molecule has 100 valence electrons. The summed E-state index contributed by atoms with van der Waals surface area (Å²) in [6, 6.07) is 14.6. The Kier molecular flexibility index (Phi) is 5.06. The zero-order valence-electron chi connectivity index (χ0n) is 11.0. The van der Waals surface area contributed by atoms with Crippen LogP contribution in [0.1, 0.15) is 28.4 Å². The molecule has 3 heteroatoms. The lowest BCUT2D eigenvalue weighted by molar-refractivity contribution is 0.340. The van der Waals surface area contributed by atoms with E-state index in [1.54, 1.807) is 0 Å². The fourth-order valence-corrected chi connectivity index (χ4v) is 2.85. The van der Waals surface area contributed by atoms with Crippen LogP contribution in [0, 0.1) is 6.92 Å². The third-order valence-electron chi connectivity index (χ3n) is 2.97. The third-order valence-corrected chi connectivity index (χ3v) is 4.88. The van der Waals surface area contributed by atoms with E-state index < -0.39 is 0 Å². The van der Waals surface area contributed by atoms with Gasteiger partial charge in [-0.2, -0.15) is 0 Å². The van der Waals surface area contributed by atoms with E-state index in [2.05, 4.69) is 69.1 Å². The molecule has 0 aliphatic carbocycles. The van der Waals surface area contributed by atoms with Crippen molar-refractivity contribution in [2.45, 2.75) is 18.7 Å². The van der Waals surface area contributed by atoms with E-state index in [0.717, 1.165) is 10.2 Å².